The predicted octanol–water partition coefficient (Wildman–Crippen LogP) is 1.99. The van der Waals surface area contributed by atoms with Gasteiger partial charge in [0.2, 0.25) is 0 Å². The maximum Gasteiger partial charge on any atom is 0.321 e. The highest BCUT2D eigenvalue weighted by Crippen LogP contribution is 2.27. The van der Waals surface area contributed by atoms with Crippen LogP contribution >= 0.6 is 0 Å². The lowest BCUT2D eigenvalue weighted by molar-refractivity contribution is 0.182. The zero-order valence-electron chi connectivity index (χ0n) is 14.4. The molecule has 0 aromatic heterocycles. The van der Waals surface area contributed by atoms with Crippen LogP contribution in [0.4, 0.5) is 10.5 Å². The highest BCUT2D eigenvalue weighted by atomic mass is 32.2. The lowest BCUT2D eigenvalue weighted by Crippen LogP contribution is -2.58. The zero-order chi connectivity index (χ0) is 17.9. The van der Waals surface area contributed by atoms with E-state index in [2.05, 4.69) is 5.32 Å². The highest BCUT2D eigenvalue weighted by molar-refractivity contribution is 7.92. The van der Waals surface area contributed by atoms with E-state index in [0.29, 0.717) is 17.2 Å². The quantitative estimate of drug-likeness (QED) is 0.842. The molecule has 2 rings (SSSR count). The molecule has 1 heterocycles. The first-order valence-corrected chi connectivity index (χ1v) is 9.47. The van der Waals surface area contributed by atoms with Crippen molar-refractivity contribution in [3.8, 4) is 11.5 Å². The second kappa shape index (κ2) is 7.29. The van der Waals surface area contributed by atoms with Crippen LogP contribution in [0.1, 0.15) is 13.8 Å². The second-order valence-electron chi connectivity index (χ2n) is 6.28. The van der Waals surface area contributed by atoms with Gasteiger partial charge in [0.15, 0.2) is 9.84 Å². The van der Waals surface area contributed by atoms with Crippen molar-refractivity contribution in [3.05, 3.63) is 18.2 Å². The van der Waals surface area contributed by atoms with Crippen molar-refractivity contribution >= 4 is 21.6 Å². The molecular formula is C16H24N2O5S. The molecular weight excluding hydrogens is 332 g/mol. The van der Waals surface area contributed by atoms with Crippen molar-refractivity contribution in [1.82, 2.24) is 4.90 Å². The van der Waals surface area contributed by atoms with Gasteiger partial charge in [0.1, 0.15) is 11.5 Å². The summed E-state index contributed by atoms with van der Waals surface area (Å²) in [5, 5.41) is 2.27. The van der Waals surface area contributed by atoms with Gasteiger partial charge in [-0.2, -0.15) is 0 Å². The first-order chi connectivity index (χ1) is 11.2. The number of urea groups is 1. The van der Waals surface area contributed by atoms with Crippen LogP contribution in [0, 0.1) is 5.92 Å². The van der Waals surface area contributed by atoms with Crippen molar-refractivity contribution < 1.29 is 22.7 Å². The fraction of sp³-hybridized carbons (Fsp3) is 0.562. The van der Waals surface area contributed by atoms with E-state index in [0.717, 1.165) is 0 Å². The maximum absolute atomic E-state index is 12.2. The van der Waals surface area contributed by atoms with Gasteiger partial charge in [-0.15, -0.1) is 0 Å². The summed E-state index contributed by atoms with van der Waals surface area (Å²) in [6, 6.07) is 4.72. The van der Waals surface area contributed by atoms with Gasteiger partial charge >= 0.3 is 6.03 Å². The number of anilines is 1. The summed E-state index contributed by atoms with van der Waals surface area (Å²) < 4.78 is 34.6. The third kappa shape index (κ3) is 4.31. The normalized spacial score (nSPS) is 15.1. The Hall–Kier alpha value is -1.96. The van der Waals surface area contributed by atoms with E-state index in [-0.39, 0.29) is 30.8 Å². The standard InChI is InChI=1S/C16H24N2O5S/c1-11(2)10-24(20,21)15-8-18(9-15)16(19)17-12-5-13(22-3)7-14(6-12)23-4/h5-7,11,15H,8-10H2,1-4H3,(H,17,19). The van der Waals surface area contributed by atoms with Gasteiger partial charge in [0.25, 0.3) is 0 Å². The molecule has 134 valence electrons. The first kappa shape index (κ1) is 18.4. The van der Waals surface area contributed by atoms with Gasteiger partial charge < -0.3 is 19.7 Å². The zero-order valence-corrected chi connectivity index (χ0v) is 15.2. The molecule has 0 spiro atoms. The number of carbonyl (C=O) groups is 1. The fourth-order valence-corrected chi connectivity index (χ4v) is 4.53. The summed E-state index contributed by atoms with van der Waals surface area (Å²) >= 11 is 0. The molecule has 0 atom stereocenters. The third-order valence-electron chi connectivity index (χ3n) is 3.81. The van der Waals surface area contributed by atoms with E-state index < -0.39 is 15.1 Å². The Kier molecular flexibility index (Phi) is 5.58. The second-order valence-corrected chi connectivity index (χ2v) is 8.61. The summed E-state index contributed by atoms with van der Waals surface area (Å²) in [5.41, 5.74) is 0.532. The van der Waals surface area contributed by atoms with E-state index in [1.54, 1.807) is 18.2 Å². The lowest BCUT2D eigenvalue weighted by atomic mass is 10.2. The van der Waals surface area contributed by atoms with E-state index in [1.165, 1.54) is 19.1 Å². The molecule has 1 fully saturated rings. The minimum absolute atomic E-state index is 0.0853. The SMILES string of the molecule is COc1cc(NC(=O)N2CC(S(=O)(=O)CC(C)C)C2)cc(OC)c1. The number of sulfone groups is 1. The van der Waals surface area contributed by atoms with Crippen molar-refractivity contribution in [2.24, 2.45) is 5.92 Å². The van der Waals surface area contributed by atoms with Crippen LogP contribution in [0.3, 0.4) is 0 Å². The summed E-state index contributed by atoms with van der Waals surface area (Å²) in [4.78, 5) is 13.7. The number of nitrogens with one attached hydrogen (secondary N) is 1. The number of hydrogen-bond donors (Lipinski definition) is 1. The number of hydrogen-bond acceptors (Lipinski definition) is 5. The van der Waals surface area contributed by atoms with Crippen molar-refractivity contribution in [2.75, 3.05) is 38.4 Å². The molecule has 1 aliphatic rings. The van der Waals surface area contributed by atoms with Crippen LogP contribution in [0.25, 0.3) is 0 Å². The largest absolute Gasteiger partial charge is 0.497 e. The molecule has 1 N–H and O–H groups in total. The Morgan fingerprint density at radius 2 is 1.75 bits per heavy atom. The monoisotopic (exact) mass is 356 g/mol. The van der Waals surface area contributed by atoms with Crippen molar-refractivity contribution in [2.45, 2.75) is 19.1 Å². The smallest absolute Gasteiger partial charge is 0.321 e. The average molecular weight is 356 g/mol. The molecule has 7 nitrogen and oxygen atoms in total. The van der Waals surface area contributed by atoms with E-state index in [4.69, 9.17) is 9.47 Å². The lowest BCUT2D eigenvalue weighted by Gasteiger charge is -2.38. The number of ether oxygens (including phenoxy) is 2. The summed E-state index contributed by atoms with van der Waals surface area (Å²) in [6.07, 6.45) is 0. The molecule has 24 heavy (non-hydrogen) atoms. The van der Waals surface area contributed by atoms with Gasteiger partial charge in [-0.25, -0.2) is 13.2 Å². The minimum Gasteiger partial charge on any atom is -0.497 e. The number of nitrogens with zero attached hydrogens (tertiary/aromatic N) is 1. The first-order valence-electron chi connectivity index (χ1n) is 7.75. The number of benzene rings is 1. The summed E-state index contributed by atoms with van der Waals surface area (Å²) in [6.45, 7) is 4.19. The van der Waals surface area contributed by atoms with Gasteiger partial charge in [-0.3, -0.25) is 0 Å². The van der Waals surface area contributed by atoms with Crippen LogP contribution in [0.2, 0.25) is 0 Å². The van der Waals surface area contributed by atoms with E-state index in [1.807, 2.05) is 13.8 Å². The number of rotatable bonds is 6. The summed E-state index contributed by atoms with van der Waals surface area (Å²) in [5.74, 6) is 1.36. The van der Waals surface area contributed by atoms with Crippen LogP contribution in [-0.4, -0.2) is 57.7 Å². The number of amides is 2. The minimum atomic E-state index is -3.15. The molecule has 8 heteroatoms. The van der Waals surface area contributed by atoms with Crippen LogP contribution in [0.15, 0.2) is 18.2 Å². The van der Waals surface area contributed by atoms with Crippen LogP contribution in [0.5, 0.6) is 11.5 Å². The van der Waals surface area contributed by atoms with Gasteiger partial charge in [0.05, 0.1) is 25.2 Å². The maximum atomic E-state index is 12.2. The number of carbonyl (C=O) groups excluding carboxylic acids is 1. The molecule has 1 saturated heterocycles. The Bertz CT molecular complexity index is 674. The molecule has 0 saturated carbocycles. The molecule has 0 aliphatic carbocycles. The Morgan fingerprint density at radius 1 is 1.21 bits per heavy atom. The van der Waals surface area contributed by atoms with Crippen LogP contribution in [-0.2, 0) is 9.84 Å². The number of methoxy groups -OCH3 is 2. The highest BCUT2D eigenvalue weighted by Gasteiger charge is 2.39. The molecule has 2 amide bonds. The van der Waals surface area contributed by atoms with Crippen molar-refractivity contribution in [1.29, 1.82) is 0 Å². The van der Waals surface area contributed by atoms with Crippen molar-refractivity contribution in [3.63, 3.8) is 0 Å². The Morgan fingerprint density at radius 3 is 2.21 bits per heavy atom. The molecule has 1 aliphatic heterocycles. The predicted molar refractivity (Wildman–Crippen MR) is 92.6 cm³/mol. The molecule has 1 aromatic carbocycles. The van der Waals surface area contributed by atoms with E-state index >= 15 is 0 Å². The molecule has 0 radical (unpaired) electrons. The summed E-state index contributed by atoms with van der Waals surface area (Å²) in [7, 11) is -0.0896. The van der Waals surface area contributed by atoms with Gasteiger partial charge in [-0.1, -0.05) is 13.8 Å². The fourth-order valence-electron chi connectivity index (χ4n) is 2.51. The molecule has 1 aromatic rings. The number of likely N-dealkylation sites (tertiary alicyclic amines) is 1. The average Bonchev–Trinajstić information content (AvgIpc) is 2.43. The molecule has 0 bridgehead atoms. The third-order valence-corrected chi connectivity index (χ3v) is 6.26. The van der Waals surface area contributed by atoms with Gasteiger partial charge in [0, 0.05) is 37.0 Å². The molecule has 0 unspecified atom stereocenters. The van der Waals surface area contributed by atoms with E-state index in [9.17, 15) is 13.2 Å². The van der Waals surface area contributed by atoms with Gasteiger partial charge in [-0.05, 0) is 5.92 Å². The topological polar surface area (TPSA) is 84.9 Å². The van der Waals surface area contributed by atoms with Crippen LogP contribution < -0.4 is 14.8 Å². The Labute approximate surface area is 142 Å². The Balaban J connectivity index is 1.96.